The molecule has 0 aliphatic heterocycles. The van der Waals surface area contributed by atoms with Crippen LogP contribution in [0.5, 0.6) is 0 Å². The molecule has 0 radical (unpaired) electrons. The zero-order valence-corrected chi connectivity index (χ0v) is 15.0. The van der Waals surface area contributed by atoms with Crippen molar-refractivity contribution in [3.63, 3.8) is 0 Å². The first kappa shape index (κ1) is 18.7. The van der Waals surface area contributed by atoms with E-state index < -0.39 is 10.4 Å². The van der Waals surface area contributed by atoms with Crippen molar-refractivity contribution in [2.24, 2.45) is 0 Å². The molecule has 2 heterocycles. The molecule has 0 saturated heterocycles. The third kappa shape index (κ3) is 5.45. The summed E-state index contributed by atoms with van der Waals surface area (Å²) >= 11 is 0. The molecule has 0 spiro atoms. The summed E-state index contributed by atoms with van der Waals surface area (Å²) in [5, 5.41) is 1.18. The third-order valence-electron chi connectivity index (χ3n) is 3.84. The summed E-state index contributed by atoms with van der Waals surface area (Å²) in [5.74, 6) is 0. The molecular formula is C19H17N3O4S. The van der Waals surface area contributed by atoms with Crippen LogP contribution in [0.2, 0.25) is 0 Å². The van der Waals surface area contributed by atoms with E-state index >= 15 is 0 Å². The third-order valence-corrected chi connectivity index (χ3v) is 3.84. The smallest absolute Gasteiger partial charge is 0.306 e. The average Bonchev–Trinajstić information content (AvgIpc) is 3.15. The number of rotatable bonds is 3. The van der Waals surface area contributed by atoms with E-state index in [1.54, 1.807) is 6.20 Å². The highest BCUT2D eigenvalue weighted by Crippen LogP contribution is 2.20. The second kappa shape index (κ2) is 8.09. The van der Waals surface area contributed by atoms with Crippen molar-refractivity contribution < 1.29 is 17.5 Å². The number of para-hydroxylation sites is 1. The van der Waals surface area contributed by atoms with Crippen molar-refractivity contribution in [3.8, 4) is 5.69 Å². The van der Waals surface area contributed by atoms with E-state index in [9.17, 15) is 0 Å². The molecule has 0 bridgehead atoms. The van der Waals surface area contributed by atoms with Crippen molar-refractivity contribution in [2.75, 3.05) is 0 Å². The minimum Gasteiger partial charge on any atom is -0.306 e. The van der Waals surface area contributed by atoms with Crippen molar-refractivity contribution in [1.29, 1.82) is 0 Å². The lowest BCUT2D eigenvalue weighted by Gasteiger charge is -2.10. The minimum absolute atomic E-state index is 0.888. The van der Waals surface area contributed by atoms with E-state index in [-0.39, 0.29) is 0 Å². The van der Waals surface area contributed by atoms with Gasteiger partial charge in [-0.3, -0.25) is 14.1 Å². The van der Waals surface area contributed by atoms with Gasteiger partial charge in [-0.2, -0.15) is 8.42 Å². The summed E-state index contributed by atoms with van der Waals surface area (Å²) < 4.78 is 33.6. The number of aromatic nitrogens is 3. The largest absolute Gasteiger partial charge is 0.394 e. The topological polar surface area (TPSA) is 105 Å². The van der Waals surface area contributed by atoms with Gasteiger partial charge in [0.25, 0.3) is 0 Å². The average molecular weight is 383 g/mol. The van der Waals surface area contributed by atoms with Crippen molar-refractivity contribution in [2.45, 2.75) is 6.42 Å². The molecule has 0 atom stereocenters. The van der Waals surface area contributed by atoms with Crippen LogP contribution in [0.15, 0.2) is 79.5 Å². The maximum Gasteiger partial charge on any atom is 0.394 e. The Morgan fingerprint density at radius 1 is 0.963 bits per heavy atom. The number of hydrogen-bond acceptors (Lipinski definition) is 4. The van der Waals surface area contributed by atoms with E-state index in [2.05, 4.69) is 63.1 Å². The van der Waals surface area contributed by atoms with Gasteiger partial charge in [0.2, 0.25) is 0 Å². The molecule has 138 valence electrons. The van der Waals surface area contributed by atoms with E-state index in [0.717, 1.165) is 11.9 Å². The Balaban J connectivity index is 0.000000376. The summed E-state index contributed by atoms with van der Waals surface area (Å²) in [6.45, 7) is 0. The highest BCUT2D eigenvalue weighted by Gasteiger charge is 2.05. The van der Waals surface area contributed by atoms with Crippen molar-refractivity contribution in [1.82, 2.24) is 14.5 Å². The molecule has 0 amide bonds. The molecule has 0 aliphatic rings. The fraction of sp³-hybridized carbons (Fsp3) is 0.0526. The predicted molar refractivity (Wildman–Crippen MR) is 102 cm³/mol. The molecular weight excluding hydrogens is 366 g/mol. The first-order chi connectivity index (χ1) is 12.9. The molecule has 4 aromatic rings. The van der Waals surface area contributed by atoms with Crippen LogP contribution in [0.25, 0.3) is 16.6 Å². The molecule has 27 heavy (non-hydrogen) atoms. The second-order valence-electron chi connectivity index (χ2n) is 5.75. The Morgan fingerprint density at radius 2 is 1.74 bits per heavy atom. The van der Waals surface area contributed by atoms with Crippen LogP contribution in [0.1, 0.15) is 11.1 Å². The summed E-state index contributed by atoms with van der Waals surface area (Å²) in [6, 6.07) is 19.0. The van der Waals surface area contributed by atoms with Crippen LogP contribution in [-0.4, -0.2) is 32.1 Å². The normalized spacial score (nSPS) is 11.0. The van der Waals surface area contributed by atoms with Crippen molar-refractivity contribution in [3.05, 3.63) is 90.6 Å². The Morgan fingerprint density at radius 3 is 2.48 bits per heavy atom. The minimum atomic E-state index is -4.67. The van der Waals surface area contributed by atoms with Gasteiger partial charge in [-0.05, 0) is 41.8 Å². The number of fused-ring (bicyclic) bond motifs is 1. The fourth-order valence-corrected chi connectivity index (χ4v) is 2.77. The lowest BCUT2D eigenvalue weighted by molar-refractivity contribution is 0.381. The molecule has 0 fully saturated rings. The van der Waals surface area contributed by atoms with Crippen LogP contribution in [0.3, 0.4) is 0 Å². The SMILES string of the molecule is O=S(=O)(O)O.c1ccc(-n2ccnc2)c(Cc2ccc3ncccc3c2)c1. The number of hydrogen-bond donors (Lipinski definition) is 2. The van der Waals surface area contributed by atoms with Gasteiger partial charge in [-0.1, -0.05) is 30.3 Å². The zero-order valence-electron chi connectivity index (χ0n) is 14.2. The van der Waals surface area contributed by atoms with Crippen LogP contribution in [0, 0.1) is 0 Å². The van der Waals surface area contributed by atoms with Gasteiger partial charge < -0.3 is 4.57 Å². The highest BCUT2D eigenvalue weighted by atomic mass is 32.3. The molecule has 0 unspecified atom stereocenters. The molecule has 7 nitrogen and oxygen atoms in total. The van der Waals surface area contributed by atoms with Gasteiger partial charge in [0.1, 0.15) is 0 Å². The number of nitrogens with zero attached hydrogens (tertiary/aromatic N) is 3. The zero-order chi connectivity index (χ0) is 19.3. The molecule has 0 saturated carbocycles. The van der Waals surface area contributed by atoms with E-state index in [1.807, 2.05) is 24.8 Å². The number of pyridine rings is 1. The Bertz CT molecular complexity index is 1130. The molecule has 4 rings (SSSR count). The monoisotopic (exact) mass is 383 g/mol. The predicted octanol–water partition coefficient (Wildman–Crippen LogP) is 3.36. The first-order valence-electron chi connectivity index (χ1n) is 8.00. The second-order valence-corrected chi connectivity index (χ2v) is 6.65. The van der Waals surface area contributed by atoms with Crippen molar-refractivity contribution >= 4 is 21.3 Å². The molecule has 2 aromatic carbocycles. The van der Waals surface area contributed by atoms with Crippen LogP contribution < -0.4 is 0 Å². The lowest BCUT2D eigenvalue weighted by Crippen LogP contribution is -1.98. The summed E-state index contributed by atoms with van der Waals surface area (Å²) in [6.07, 6.45) is 8.33. The van der Waals surface area contributed by atoms with Gasteiger partial charge in [0.05, 0.1) is 11.8 Å². The summed E-state index contributed by atoms with van der Waals surface area (Å²) in [5.41, 5.74) is 4.78. The Labute approximate surface area is 156 Å². The van der Waals surface area contributed by atoms with Gasteiger partial charge in [-0.15, -0.1) is 0 Å². The number of benzene rings is 2. The Hall–Kier alpha value is -3.07. The highest BCUT2D eigenvalue weighted by molar-refractivity contribution is 7.79. The first-order valence-corrected chi connectivity index (χ1v) is 9.39. The summed E-state index contributed by atoms with van der Waals surface area (Å²) in [4.78, 5) is 8.52. The van der Waals surface area contributed by atoms with E-state index in [0.29, 0.717) is 0 Å². The Kier molecular flexibility index (Phi) is 5.60. The molecule has 8 heteroatoms. The van der Waals surface area contributed by atoms with E-state index in [1.165, 1.54) is 22.2 Å². The van der Waals surface area contributed by atoms with Gasteiger partial charge in [0.15, 0.2) is 0 Å². The van der Waals surface area contributed by atoms with Gasteiger partial charge in [0, 0.05) is 29.7 Å². The fourth-order valence-electron chi connectivity index (χ4n) is 2.77. The molecule has 2 aromatic heterocycles. The lowest BCUT2D eigenvalue weighted by atomic mass is 10.0. The van der Waals surface area contributed by atoms with Crippen LogP contribution in [0.4, 0.5) is 0 Å². The van der Waals surface area contributed by atoms with Crippen LogP contribution in [-0.2, 0) is 16.8 Å². The van der Waals surface area contributed by atoms with Gasteiger partial charge in [-0.25, -0.2) is 4.98 Å². The van der Waals surface area contributed by atoms with E-state index in [4.69, 9.17) is 17.5 Å². The molecule has 0 aliphatic carbocycles. The quantitative estimate of drug-likeness (QED) is 0.526. The standard InChI is InChI=1S/C19H15N3.H2O4S/c1-2-6-19(22-11-10-20-14-22)17(4-1)13-15-7-8-18-16(12-15)5-3-9-21-18;1-5(2,3)4/h1-12,14H,13H2;(H2,1,2,3,4). The maximum atomic E-state index is 8.74. The maximum absolute atomic E-state index is 8.74. The molecule has 2 N–H and O–H groups in total. The number of imidazole rings is 1. The van der Waals surface area contributed by atoms with Gasteiger partial charge >= 0.3 is 10.4 Å². The summed E-state index contributed by atoms with van der Waals surface area (Å²) in [7, 11) is -4.67. The van der Waals surface area contributed by atoms with Crippen LogP contribution >= 0.6 is 0 Å².